The zero-order valence-electron chi connectivity index (χ0n) is 12.9. The molecule has 1 rings (SSSR count). The number of nitrogens with one attached hydrogen (secondary N) is 2. The second-order valence-electron chi connectivity index (χ2n) is 5.05. The molecule has 0 aliphatic heterocycles. The maximum atomic E-state index is 11.8. The summed E-state index contributed by atoms with van der Waals surface area (Å²) in [5.74, 6) is 0.138. The number of phenols is 1. The molecule has 0 saturated carbocycles. The van der Waals surface area contributed by atoms with E-state index in [0.717, 1.165) is 12.8 Å². The molecule has 1 aromatic carbocycles. The maximum absolute atomic E-state index is 11.8. The number of carbonyl (C=O) groups excluding carboxylic acids is 1. The first-order valence-electron chi connectivity index (χ1n) is 7.53. The highest BCUT2D eigenvalue weighted by Gasteiger charge is 2.06. The number of carbonyl (C=O) groups is 1. The van der Waals surface area contributed by atoms with Gasteiger partial charge in [-0.25, -0.2) is 0 Å². The molecule has 0 saturated heterocycles. The van der Waals surface area contributed by atoms with E-state index in [-0.39, 0.29) is 11.7 Å². The molecule has 0 aromatic heterocycles. The lowest BCUT2D eigenvalue weighted by Gasteiger charge is -2.10. The predicted molar refractivity (Wildman–Crippen MR) is 87.9 cm³/mol. The van der Waals surface area contributed by atoms with Crippen LogP contribution in [0.3, 0.4) is 0 Å². The first-order valence-corrected chi connectivity index (χ1v) is 7.53. The van der Waals surface area contributed by atoms with Crippen molar-refractivity contribution in [2.24, 2.45) is 0 Å². The van der Waals surface area contributed by atoms with E-state index in [4.69, 9.17) is 4.65 Å². The standard InChI is InChI=1S/C15H25BN2O3/c1-3-4-5-6-7-8-15(20)17-12-9-10-14(19)13(11-12)18-16-21-2/h9-11,16,18-19H,3-8H2,1-2H3,(H,17,20). The van der Waals surface area contributed by atoms with Gasteiger partial charge in [0.1, 0.15) is 5.75 Å². The highest BCUT2D eigenvalue weighted by Crippen LogP contribution is 2.26. The summed E-state index contributed by atoms with van der Waals surface area (Å²) in [7, 11) is 1.86. The molecule has 3 N–H and O–H groups in total. The van der Waals surface area contributed by atoms with E-state index in [9.17, 15) is 9.90 Å². The minimum absolute atomic E-state index is 0.00915. The number of amides is 1. The lowest BCUT2D eigenvalue weighted by Crippen LogP contribution is -2.12. The molecular formula is C15H25BN2O3. The highest BCUT2D eigenvalue weighted by molar-refractivity contribution is 6.32. The van der Waals surface area contributed by atoms with Crippen LogP contribution in [0.5, 0.6) is 5.75 Å². The number of hydrogen-bond donors (Lipinski definition) is 3. The van der Waals surface area contributed by atoms with Gasteiger partial charge in [0.15, 0.2) is 0 Å². The molecular weight excluding hydrogens is 267 g/mol. The Kier molecular flexibility index (Phi) is 8.35. The van der Waals surface area contributed by atoms with Crippen molar-refractivity contribution in [1.29, 1.82) is 0 Å². The van der Waals surface area contributed by atoms with Crippen LogP contribution in [-0.4, -0.2) is 25.7 Å². The number of anilines is 2. The maximum Gasteiger partial charge on any atom is 0.394 e. The van der Waals surface area contributed by atoms with E-state index in [0.29, 0.717) is 25.4 Å². The molecule has 1 aromatic rings. The van der Waals surface area contributed by atoms with Crippen molar-refractivity contribution in [3.8, 4) is 5.75 Å². The van der Waals surface area contributed by atoms with Gasteiger partial charge in [-0.3, -0.25) is 4.79 Å². The van der Waals surface area contributed by atoms with Gasteiger partial charge < -0.3 is 20.3 Å². The molecule has 5 nitrogen and oxygen atoms in total. The Labute approximate surface area is 127 Å². The third kappa shape index (κ3) is 7.04. The summed E-state index contributed by atoms with van der Waals surface area (Å²) in [5, 5.41) is 15.5. The molecule has 0 aliphatic carbocycles. The van der Waals surface area contributed by atoms with Crippen LogP contribution >= 0.6 is 0 Å². The first-order chi connectivity index (χ1) is 10.2. The minimum atomic E-state index is 0.00915. The van der Waals surface area contributed by atoms with Crippen LogP contribution in [0.4, 0.5) is 11.4 Å². The smallest absolute Gasteiger partial charge is 0.394 e. The van der Waals surface area contributed by atoms with Crippen molar-refractivity contribution in [2.45, 2.75) is 45.4 Å². The second-order valence-corrected chi connectivity index (χ2v) is 5.05. The highest BCUT2D eigenvalue weighted by atomic mass is 16.4. The van der Waals surface area contributed by atoms with Crippen molar-refractivity contribution < 1.29 is 14.6 Å². The number of aromatic hydroxyl groups is 1. The van der Waals surface area contributed by atoms with Gasteiger partial charge in [0.2, 0.25) is 5.91 Å². The van der Waals surface area contributed by atoms with Crippen LogP contribution < -0.4 is 10.5 Å². The Balaban J connectivity index is 2.41. The van der Waals surface area contributed by atoms with E-state index in [2.05, 4.69) is 17.5 Å². The molecule has 0 heterocycles. The largest absolute Gasteiger partial charge is 0.506 e. The van der Waals surface area contributed by atoms with Crippen molar-refractivity contribution in [2.75, 3.05) is 17.7 Å². The van der Waals surface area contributed by atoms with Crippen LogP contribution in [0.15, 0.2) is 18.2 Å². The Bertz CT molecular complexity index is 441. The van der Waals surface area contributed by atoms with Crippen molar-refractivity contribution >= 4 is 24.9 Å². The summed E-state index contributed by atoms with van der Waals surface area (Å²) in [5.41, 5.74) is 1.21. The number of hydrogen-bond acceptors (Lipinski definition) is 4. The van der Waals surface area contributed by atoms with Gasteiger partial charge in [-0.05, 0) is 24.6 Å². The van der Waals surface area contributed by atoms with Gasteiger partial charge in [-0.15, -0.1) is 0 Å². The Hall–Kier alpha value is -1.69. The zero-order valence-corrected chi connectivity index (χ0v) is 12.9. The molecule has 0 spiro atoms. The monoisotopic (exact) mass is 292 g/mol. The summed E-state index contributed by atoms with van der Waals surface area (Å²) >= 11 is 0. The van der Waals surface area contributed by atoms with E-state index >= 15 is 0 Å². The quantitative estimate of drug-likeness (QED) is 0.268. The van der Waals surface area contributed by atoms with Crippen molar-refractivity contribution in [3.05, 3.63) is 18.2 Å². The third-order valence-corrected chi connectivity index (χ3v) is 3.19. The van der Waals surface area contributed by atoms with Crippen LogP contribution in [-0.2, 0) is 9.45 Å². The van der Waals surface area contributed by atoms with Crippen LogP contribution in [0.25, 0.3) is 0 Å². The summed E-state index contributed by atoms with van der Waals surface area (Å²) < 4.78 is 4.90. The van der Waals surface area contributed by atoms with Gasteiger partial charge in [0, 0.05) is 19.2 Å². The van der Waals surface area contributed by atoms with Gasteiger partial charge in [0.25, 0.3) is 0 Å². The van der Waals surface area contributed by atoms with Crippen LogP contribution in [0.2, 0.25) is 0 Å². The molecule has 6 heteroatoms. The van der Waals surface area contributed by atoms with Crippen LogP contribution in [0.1, 0.15) is 45.4 Å². The molecule has 0 bridgehead atoms. The fourth-order valence-corrected chi connectivity index (χ4v) is 2.02. The Morgan fingerprint density at radius 2 is 2.05 bits per heavy atom. The van der Waals surface area contributed by atoms with Crippen molar-refractivity contribution in [1.82, 2.24) is 0 Å². The molecule has 116 valence electrons. The molecule has 0 unspecified atom stereocenters. The third-order valence-electron chi connectivity index (χ3n) is 3.19. The van der Waals surface area contributed by atoms with E-state index in [1.165, 1.54) is 19.3 Å². The van der Waals surface area contributed by atoms with Crippen molar-refractivity contribution in [3.63, 3.8) is 0 Å². The second kappa shape index (κ2) is 10.1. The molecule has 0 fully saturated rings. The number of unbranched alkanes of at least 4 members (excludes halogenated alkanes) is 4. The molecule has 0 radical (unpaired) electrons. The fraction of sp³-hybridized carbons (Fsp3) is 0.533. The Morgan fingerprint density at radius 1 is 1.29 bits per heavy atom. The summed E-state index contributed by atoms with van der Waals surface area (Å²) in [6.07, 6.45) is 6.17. The van der Waals surface area contributed by atoms with Gasteiger partial charge in [-0.2, -0.15) is 0 Å². The first kappa shape index (κ1) is 17.4. The average Bonchev–Trinajstić information content (AvgIpc) is 2.47. The normalized spacial score (nSPS) is 10.2. The number of benzene rings is 1. The Morgan fingerprint density at radius 3 is 2.76 bits per heavy atom. The van der Waals surface area contributed by atoms with E-state index < -0.39 is 0 Å². The van der Waals surface area contributed by atoms with E-state index in [1.807, 2.05) is 0 Å². The fourth-order valence-electron chi connectivity index (χ4n) is 2.02. The zero-order chi connectivity index (χ0) is 15.5. The number of rotatable bonds is 10. The lowest BCUT2D eigenvalue weighted by atomic mass is 10.1. The lowest BCUT2D eigenvalue weighted by molar-refractivity contribution is -0.116. The van der Waals surface area contributed by atoms with Crippen LogP contribution in [0, 0.1) is 0 Å². The summed E-state index contributed by atoms with van der Waals surface area (Å²) in [6.45, 7) is 2.17. The summed E-state index contributed by atoms with van der Waals surface area (Å²) in [4.78, 5) is 11.8. The molecule has 1 amide bonds. The average molecular weight is 292 g/mol. The topological polar surface area (TPSA) is 70.6 Å². The summed E-state index contributed by atoms with van der Waals surface area (Å²) in [6, 6.07) is 4.93. The molecule has 21 heavy (non-hydrogen) atoms. The predicted octanol–water partition coefficient (Wildman–Crippen LogP) is 3.02. The minimum Gasteiger partial charge on any atom is -0.506 e. The number of phenolic OH excluding ortho intramolecular Hbond substituents is 1. The molecule has 0 aliphatic rings. The van der Waals surface area contributed by atoms with Gasteiger partial charge >= 0.3 is 7.62 Å². The molecule has 0 atom stereocenters. The van der Waals surface area contributed by atoms with Gasteiger partial charge in [0.05, 0.1) is 5.69 Å². The SMILES string of the molecule is CCCCCCCC(=O)Nc1ccc(O)c(NBOC)c1. The van der Waals surface area contributed by atoms with Gasteiger partial charge in [-0.1, -0.05) is 32.6 Å². The van der Waals surface area contributed by atoms with E-state index in [1.54, 1.807) is 25.3 Å².